The van der Waals surface area contributed by atoms with Crippen molar-refractivity contribution in [1.29, 1.82) is 0 Å². The van der Waals surface area contributed by atoms with Gasteiger partial charge < -0.3 is 5.11 Å². The summed E-state index contributed by atoms with van der Waals surface area (Å²) in [6.45, 7) is 7.53. The lowest BCUT2D eigenvalue weighted by molar-refractivity contribution is 0.0777. The highest BCUT2D eigenvalue weighted by molar-refractivity contribution is 5.13. The first-order chi connectivity index (χ1) is 5.91. The number of aromatic nitrogens is 2. The average molecular weight is 180 g/mol. The minimum atomic E-state index is -0.852. The van der Waals surface area contributed by atoms with Crippen LogP contribution in [0.4, 0.5) is 0 Å². The van der Waals surface area contributed by atoms with E-state index < -0.39 is 5.60 Å². The maximum absolute atomic E-state index is 9.64. The molecule has 0 bridgehead atoms. The summed E-state index contributed by atoms with van der Waals surface area (Å²) >= 11 is 0. The van der Waals surface area contributed by atoms with Gasteiger partial charge in [-0.25, -0.2) is 9.97 Å². The highest BCUT2D eigenvalue weighted by Crippen LogP contribution is 2.18. The molecule has 3 nitrogen and oxygen atoms in total. The number of rotatable bonds is 2. The van der Waals surface area contributed by atoms with E-state index in [1.165, 1.54) is 0 Å². The Kier molecular flexibility index (Phi) is 2.66. The lowest BCUT2D eigenvalue weighted by Gasteiger charge is -2.16. The summed E-state index contributed by atoms with van der Waals surface area (Å²) in [6.07, 6.45) is 3.37. The van der Waals surface area contributed by atoms with Crippen LogP contribution in [0.1, 0.15) is 45.0 Å². The normalized spacial score (nSPS) is 12.2. The molecule has 1 aromatic heterocycles. The van der Waals surface area contributed by atoms with Gasteiger partial charge in [0.05, 0.1) is 5.60 Å². The van der Waals surface area contributed by atoms with Gasteiger partial charge >= 0.3 is 0 Å². The van der Waals surface area contributed by atoms with Gasteiger partial charge in [-0.2, -0.15) is 0 Å². The lowest BCUT2D eigenvalue weighted by Crippen LogP contribution is -2.16. The number of hydrogen-bond donors (Lipinski definition) is 1. The van der Waals surface area contributed by atoms with Crippen LogP contribution >= 0.6 is 0 Å². The van der Waals surface area contributed by atoms with Crippen molar-refractivity contribution in [2.24, 2.45) is 0 Å². The second-order valence-corrected chi connectivity index (χ2v) is 4.04. The predicted molar refractivity (Wildman–Crippen MR) is 51.4 cm³/mol. The van der Waals surface area contributed by atoms with Gasteiger partial charge in [-0.15, -0.1) is 0 Å². The highest BCUT2D eigenvalue weighted by Gasteiger charge is 2.16. The van der Waals surface area contributed by atoms with Crippen molar-refractivity contribution >= 4 is 0 Å². The van der Waals surface area contributed by atoms with Crippen molar-refractivity contribution in [3.05, 3.63) is 23.8 Å². The summed E-state index contributed by atoms with van der Waals surface area (Å²) in [5.41, 5.74) is -0.105. The van der Waals surface area contributed by atoms with E-state index in [-0.39, 0.29) is 0 Å². The summed E-state index contributed by atoms with van der Waals surface area (Å²) in [5.74, 6) is 1.14. The van der Waals surface area contributed by atoms with Crippen LogP contribution in [-0.2, 0) is 5.60 Å². The van der Waals surface area contributed by atoms with Crippen molar-refractivity contribution in [2.45, 2.75) is 39.2 Å². The van der Waals surface area contributed by atoms with E-state index in [9.17, 15) is 5.11 Å². The van der Waals surface area contributed by atoms with E-state index in [0.29, 0.717) is 5.92 Å². The van der Waals surface area contributed by atoms with E-state index >= 15 is 0 Å². The smallest absolute Gasteiger partial charge is 0.130 e. The Bertz CT molecular complexity index is 272. The molecule has 72 valence electrons. The third kappa shape index (κ3) is 2.49. The first-order valence-corrected chi connectivity index (χ1v) is 4.46. The Hall–Kier alpha value is -0.960. The van der Waals surface area contributed by atoms with Crippen molar-refractivity contribution in [2.75, 3.05) is 0 Å². The Morgan fingerprint density at radius 3 is 2.00 bits per heavy atom. The first kappa shape index (κ1) is 10.1. The summed E-state index contributed by atoms with van der Waals surface area (Å²) in [6, 6.07) is 0. The van der Waals surface area contributed by atoms with E-state index in [4.69, 9.17) is 0 Å². The van der Waals surface area contributed by atoms with E-state index in [2.05, 4.69) is 9.97 Å². The topological polar surface area (TPSA) is 46.0 Å². The number of aliphatic hydroxyl groups is 1. The van der Waals surface area contributed by atoms with Gasteiger partial charge in [-0.1, -0.05) is 13.8 Å². The van der Waals surface area contributed by atoms with Crippen LogP contribution in [0.15, 0.2) is 12.4 Å². The van der Waals surface area contributed by atoms with E-state index in [0.717, 1.165) is 11.4 Å². The van der Waals surface area contributed by atoms with Gasteiger partial charge in [-0.05, 0) is 13.8 Å². The molecule has 0 aromatic carbocycles. The molecule has 0 aliphatic heterocycles. The fourth-order valence-electron chi connectivity index (χ4n) is 0.952. The van der Waals surface area contributed by atoms with E-state index in [1.807, 2.05) is 13.8 Å². The fraction of sp³-hybridized carbons (Fsp3) is 0.600. The minimum absolute atomic E-state index is 0.329. The molecule has 1 rings (SSSR count). The van der Waals surface area contributed by atoms with Crippen molar-refractivity contribution in [3.63, 3.8) is 0 Å². The first-order valence-electron chi connectivity index (χ1n) is 4.46. The SMILES string of the molecule is CC(C)c1ncc(C(C)(C)O)cn1. The number of hydrogen-bond acceptors (Lipinski definition) is 3. The fourth-order valence-corrected chi connectivity index (χ4v) is 0.952. The minimum Gasteiger partial charge on any atom is -0.386 e. The maximum atomic E-state index is 9.64. The molecule has 0 radical (unpaired) electrons. The quantitative estimate of drug-likeness (QED) is 0.755. The molecule has 0 spiro atoms. The van der Waals surface area contributed by atoms with Crippen LogP contribution in [0, 0.1) is 0 Å². The molecule has 0 saturated carbocycles. The van der Waals surface area contributed by atoms with Crippen LogP contribution in [0.2, 0.25) is 0 Å². The van der Waals surface area contributed by atoms with Crippen LogP contribution in [0.3, 0.4) is 0 Å². The molecule has 1 N–H and O–H groups in total. The van der Waals surface area contributed by atoms with Gasteiger partial charge in [0.25, 0.3) is 0 Å². The standard InChI is InChI=1S/C10H16N2O/c1-7(2)9-11-5-8(6-12-9)10(3,4)13/h5-7,13H,1-4H3. The summed E-state index contributed by atoms with van der Waals surface area (Å²) < 4.78 is 0. The van der Waals surface area contributed by atoms with Crippen LogP contribution in [0.25, 0.3) is 0 Å². The molecule has 1 heterocycles. The monoisotopic (exact) mass is 180 g/mol. The molecule has 0 aliphatic rings. The van der Waals surface area contributed by atoms with Crippen LogP contribution < -0.4 is 0 Å². The molecule has 13 heavy (non-hydrogen) atoms. The Morgan fingerprint density at radius 2 is 1.69 bits per heavy atom. The van der Waals surface area contributed by atoms with Crippen molar-refractivity contribution in [1.82, 2.24) is 9.97 Å². The second-order valence-electron chi connectivity index (χ2n) is 4.04. The number of nitrogens with zero attached hydrogens (tertiary/aromatic N) is 2. The molecular formula is C10H16N2O. The zero-order chi connectivity index (χ0) is 10.1. The van der Waals surface area contributed by atoms with Gasteiger partial charge in [0, 0.05) is 23.9 Å². The lowest BCUT2D eigenvalue weighted by atomic mass is 10.0. The van der Waals surface area contributed by atoms with Crippen LogP contribution in [-0.4, -0.2) is 15.1 Å². The van der Waals surface area contributed by atoms with Gasteiger partial charge in [0.1, 0.15) is 5.82 Å². The largest absolute Gasteiger partial charge is 0.386 e. The second kappa shape index (κ2) is 3.42. The predicted octanol–water partition coefficient (Wildman–Crippen LogP) is 1.83. The molecule has 0 aliphatic carbocycles. The highest BCUT2D eigenvalue weighted by atomic mass is 16.3. The summed E-state index contributed by atoms with van der Waals surface area (Å²) in [4.78, 5) is 8.35. The van der Waals surface area contributed by atoms with Gasteiger partial charge in [0.2, 0.25) is 0 Å². The zero-order valence-electron chi connectivity index (χ0n) is 8.57. The molecule has 1 aromatic rings. The molecule has 3 heteroatoms. The Balaban J connectivity index is 2.94. The third-order valence-electron chi connectivity index (χ3n) is 1.89. The van der Waals surface area contributed by atoms with Gasteiger partial charge in [0.15, 0.2) is 0 Å². The van der Waals surface area contributed by atoms with E-state index in [1.54, 1.807) is 26.2 Å². The van der Waals surface area contributed by atoms with Crippen LogP contribution in [0.5, 0.6) is 0 Å². The van der Waals surface area contributed by atoms with Crippen molar-refractivity contribution < 1.29 is 5.11 Å². The molecular weight excluding hydrogens is 164 g/mol. The average Bonchev–Trinajstić information content (AvgIpc) is 2.03. The zero-order valence-corrected chi connectivity index (χ0v) is 8.57. The van der Waals surface area contributed by atoms with Gasteiger partial charge in [-0.3, -0.25) is 0 Å². The summed E-state index contributed by atoms with van der Waals surface area (Å²) in [5, 5.41) is 9.64. The summed E-state index contributed by atoms with van der Waals surface area (Å²) in [7, 11) is 0. The Labute approximate surface area is 78.9 Å². The molecule has 0 amide bonds. The molecule has 0 unspecified atom stereocenters. The molecule has 0 atom stereocenters. The molecule has 0 fully saturated rings. The van der Waals surface area contributed by atoms with Crippen molar-refractivity contribution in [3.8, 4) is 0 Å². The molecule has 0 saturated heterocycles. The third-order valence-corrected chi connectivity index (χ3v) is 1.89. The Morgan fingerprint density at radius 1 is 1.23 bits per heavy atom. The maximum Gasteiger partial charge on any atom is 0.130 e.